The van der Waals surface area contributed by atoms with E-state index in [4.69, 9.17) is 5.11 Å². The van der Waals surface area contributed by atoms with E-state index in [1.54, 1.807) is 13.0 Å². The molecule has 98 valence electrons. The normalized spacial score (nSPS) is 11.9. The molecule has 0 aromatic heterocycles. The van der Waals surface area contributed by atoms with Crippen LogP contribution in [0.5, 0.6) is 0 Å². The molecule has 0 radical (unpaired) electrons. The molecule has 0 bridgehead atoms. The Morgan fingerprint density at radius 2 is 2.11 bits per heavy atom. The number of halogens is 1. The average molecular weight is 361 g/mol. The van der Waals surface area contributed by atoms with Gasteiger partial charge in [-0.2, -0.15) is 0 Å². The fourth-order valence-electron chi connectivity index (χ4n) is 1.54. The van der Waals surface area contributed by atoms with Crippen molar-refractivity contribution >= 4 is 34.5 Å². The van der Waals surface area contributed by atoms with Crippen LogP contribution in [0.15, 0.2) is 18.2 Å². The van der Waals surface area contributed by atoms with Crippen molar-refractivity contribution in [3.05, 3.63) is 32.9 Å². The Morgan fingerprint density at radius 3 is 2.67 bits per heavy atom. The molecule has 1 rings (SSSR count). The number of carboxylic acid groups (broad SMARTS) is 1. The van der Waals surface area contributed by atoms with Crippen LogP contribution in [0, 0.1) is 16.4 Å². The maximum Gasteiger partial charge on any atom is 0.308 e. The van der Waals surface area contributed by atoms with Gasteiger partial charge in [0.05, 0.1) is 11.5 Å². The Bertz CT molecular complexity index is 460. The van der Waals surface area contributed by atoms with Crippen LogP contribution >= 0.6 is 22.6 Å². The Hall–Kier alpha value is -1.11. The molecular formula is C13H16INO3. The van der Waals surface area contributed by atoms with Crippen LogP contribution < -0.4 is 5.32 Å². The minimum atomic E-state index is -0.878. The smallest absolute Gasteiger partial charge is 0.308 e. The molecule has 0 aliphatic carbocycles. The first-order valence-electron chi connectivity index (χ1n) is 5.73. The predicted octanol–water partition coefficient (Wildman–Crippen LogP) is 2.44. The van der Waals surface area contributed by atoms with Gasteiger partial charge in [-0.25, -0.2) is 0 Å². The standard InChI is InChI=1S/C13H16INO3/c1-3-9(13(17)18)7-15-12(16)10-6-4-5-8(2)11(10)14/h4-6,9H,3,7H2,1-2H3,(H,15,16)(H,17,18). The molecule has 1 atom stereocenters. The molecule has 1 unspecified atom stereocenters. The Balaban J connectivity index is 2.71. The van der Waals surface area contributed by atoms with Gasteiger partial charge in [0.15, 0.2) is 0 Å². The van der Waals surface area contributed by atoms with Crippen molar-refractivity contribution < 1.29 is 14.7 Å². The lowest BCUT2D eigenvalue weighted by Gasteiger charge is -2.12. The summed E-state index contributed by atoms with van der Waals surface area (Å²) < 4.78 is 0.899. The molecule has 2 N–H and O–H groups in total. The quantitative estimate of drug-likeness (QED) is 0.792. The van der Waals surface area contributed by atoms with Gasteiger partial charge in [0.2, 0.25) is 0 Å². The molecule has 0 aliphatic heterocycles. The number of aliphatic carboxylic acids is 1. The van der Waals surface area contributed by atoms with Gasteiger partial charge < -0.3 is 10.4 Å². The highest BCUT2D eigenvalue weighted by atomic mass is 127. The first kappa shape index (κ1) is 14.9. The third-order valence-corrected chi connectivity index (χ3v) is 4.22. The monoisotopic (exact) mass is 361 g/mol. The number of carbonyl (C=O) groups is 2. The first-order chi connectivity index (χ1) is 8.47. The summed E-state index contributed by atoms with van der Waals surface area (Å²) in [6.07, 6.45) is 0.501. The number of carbonyl (C=O) groups excluding carboxylic acids is 1. The van der Waals surface area contributed by atoms with E-state index in [9.17, 15) is 9.59 Å². The largest absolute Gasteiger partial charge is 0.481 e. The van der Waals surface area contributed by atoms with Crippen molar-refractivity contribution in [2.45, 2.75) is 20.3 Å². The summed E-state index contributed by atoms with van der Waals surface area (Å²) in [7, 11) is 0. The number of carboxylic acids is 1. The summed E-state index contributed by atoms with van der Waals surface area (Å²) in [5.74, 6) is -1.63. The maximum atomic E-state index is 12.0. The van der Waals surface area contributed by atoms with Crippen LogP contribution in [-0.4, -0.2) is 23.5 Å². The van der Waals surface area contributed by atoms with Gasteiger partial charge in [0.1, 0.15) is 0 Å². The fraction of sp³-hybridized carbons (Fsp3) is 0.385. The number of hydrogen-bond acceptors (Lipinski definition) is 2. The van der Waals surface area contributed by atoms with E-state index < -0.39 is 11.9 Å². The van der Waals surface area contributed by atoms with Crippen LogP contribution in [0.3, 0.4) is 0 Å². The fourth-order valence-corrected chi connectivity index (χ4v) is 2.14. The van der Waals surface area contributed by atoms with Crippen LogP contribution in [0.4, 0.5) is 0 Å². The second-order valence-corrected chi connectivity index (χ2v) is 5.17. The number of nitrogens with one attached hydrogen (secondary N) is 1. The lowest BCUT2D eigenvalue weighted by molar-refractivity contribution is -0.141. The minimum Gasteiger partial charge on any atom is -0.481 e. The van der Waals surface area contributed by atoms with Crippen molar-refractivity contribution in [2.24, 2.45) is 5.92 Å². The van der Waals surface area contributed by atoms with Gasteiger partial charge in [-0.05, 0) is 47.6 Å². The van der Waals surface area contributed by atoms with Crippen molar-refractivity contribution in [1.29, 1.82) is 0 Å². The van der Waals surface area contributed by atoms with Gasteiger partial charge in [0.25, 0.3) is 5.91 Å². The summed E-state index contributed by atoms with van der Waals surface area (Å²) >= 11 is 2.12. The van der Waals surface area contributed by atoms with Crippen LogP contribution in [-0.2, 0) is 4.79 Å². The zero-order valence-corrected chi connectivity index (χ0v) is 12.5. The molecule has 0 spiro atoms. The van der Waals surface area contributed by atoms with E-state index in [0.29, 0.717) is 12.0 Å². The van der Waals surface area contributed by atoms with Gasteiger partial charge in [-0.1, -0.05) is 19.1 Å². The van der Waals surface area contributed by atoms with E-state index in [2.05, 4.69) is 27.9 Å². The lowest BCUT2D eigenvalue weighted by Crippen LogP contribution is -2.33. The summed E-state index contributed by atoms with van der Waals surface area (Å²) in [4.78, 5) is 22.8. The third-order valence-electron chi connectivity index (χ3n) is 2.79. The molecule has 1 aromatic carbocycles. The summed E-state index contributed by atoms with van der Waals surface area (Å²) in [6.45, 7) is 3.89. The number of amides is 1. The van der Waals surface area contributed by atoms with Crippen LogP contribution in [0.2, 0.25) is 0 Å². The highest BCUT2D eigenvalue weighted by Crippen LogP contribution is 2.16. The predicted molar refractivity (Wildman–Crippen MR) is 77.6 cm³/mol. The zero-order valence-electron chi connectivity index (χ0n) is 10.4. The Morgan fingerprint density at radius 1 is 1.44 bits per heavy atom. The molecule has 1 aromatic rings. The summed E-state index contributed by atoms with van der Waals surface area (Å²) in [5, 5.41) is 11.6. The molecule has 1 amide bonds. The molecule has 4 nitrogen and oxygen atoms in total. The van der Waals surface area contributed by atoms with Gasteiger partial charge in [-0.15, -0.1) is 0 Å². The second kappa shape index (κ2) is 6.72. The SMILES string of the molecule is CCC(CNC(=O)c1cccc(C)c1I)C(=O)O. The van der Waals surface area contributed by atoms with Gasteiger partial charge in [-0.3, -0.25) is 9.59 Å². The van der Waals surface area contributed by atoms with E-state index >= 15 is 0 Å². The lowest BCUT2D eigenvalue weighted by atomic mass is 10.1. The molecular weight excluding hydrogens is 345 g/mol. The van der Waals surface area contributed by atoms with Crippen molar-refractivity contribution in [3.8, 4) is 0 Å². The topological polar surface area (TPSA) is 66.4 Å². The van der Waals surface area contributed by atoms with Crippen molar-refractivity contribution in [1.82, 2.24) is 5.32 Å². The van der Waals surface area contributed by atoms with E-state index in [1.807, 2.05) is 19.1 Å². The Kier molecular flexibility index (Phi) is 5.58. The first-order valence-corrected chi connectivity index (χ1v) is 6.81. The summed E-state index contributed by atoms with van der Waals surface area (Å²) in [5.41, 5.74) is 1.63. The molecule has 18 heavy (non-hydrogen) atoms. The number of benzene rings is 1. The average Bonchev–Trinajstić information content (AvgIpc) is 2.32. The molecule has 0 heterocycles. The minimum absolute atomic E-state index is 0.161. The molecule has 0 saturated carbocycles. The molecule has 0 aliphatic rings. The molecule has 5 heteroatoms. The van der Waals surface area contributed by atoms with Crippen molar-refractivity contribution in [3.63, 3.8) is 0 Å². The van der Waals surface area contributed by atoms with E-state index in [0.717, 1.165) is 9.13 Å². The van der Waals surface area contributed by atoms with Gasteiger partial charge in [0, 0.05) is 10.1 Å². The number of hydrogen-bond donors (Lipinski definition) is 2. The molecule has 0 saturated heterocycles. The maximum absolute atomic E-state index is 12.0. The number of rotatable bonds is 5. The third kappa shape index (κ3) is 3.69. The Labute approximate surface area is 120 Å². The van der Waals surface area contributed by atoms with Gasteiger partial charge >= 0.3 is 5.97 Å². The molecule has 0 fully saturated rings. The second-order valence-electron chi connectivity index (χ2n) is 4.09. The highest BCUT2D eigenvalue weighted by molar-refractivity contribution is 14.1. The highest BCUT2D eigenvalue weighted by Gasteiger charge is 2.17. The van der Waals surface area contributed by atoms with E-state index in [1.165, 1.54) is 0 Å². The van der Waals surface area contributed by atoms with Crippen LogP contribution in [0.25, 0.3) is 0 Å². The number of aryl methyl sites for hydroxylation is 1. The van der Waals surface area contributed by atoms with Crippen LogP contribution in [0.1, 0.15) is 29.3 Å². The summed E-state index contributed by atoms with van der Waals surface area (Å²) in [6, 6.07) is 5.50. The zero-order chi connectivity index (χ0) is 13.7. The van der Waals surface area contributed by atoms with Crippen molar-refractivity contribution in [2.75, 3.05) is 6.54 Å². The van der Waals surface area contributed by atoms with E-state index in [-0.39, 0.29) is 12.5 Å².